The first-order valence-electron chi connectivity index (χ1n) is 8.64. The molecule has 0 aliphatic rings. The molecule has 27 heavy (non-hydrogen) atoms. The summed E-state index contributed by atoms with van der Waals surface area (Å²) in [6.07, 6.45) is 0.804. The number of benzene rings is 2. The first-order chi connectivity index (χ1) is 13.2. The fourth-order valence-electron chi connectivity index (χ4n) is 2.33. The number of rotatable bonds is 9. The number of carbonyl (C=O) groups is 1. The minimum Gasteiger partial charge on any atom is -0.486 e. The van der Waals surface area contributed by atoms with Crippen molar-refractivity contribution in [1.29, 1.82) is 0 Å². The molecule has 0 saturated carbocycles. The van der Waals surface area contributed by atoms with Gasteiger partial charge in [0, 0.05) is 11.4 Å². The standard InChI is InChI=1S/C21H20FNO3S/c22-16-7-10-19(11-8-16)27-14-4-13-23-21(24)20-12-9-18(26-20)15-25-17-5-2-1-3-6-17/h1-3,5-12H,4,13-15H2,(H,23,24). The second-order valence-corrected chi connectivity index (χ2v) is 6.95. The van der Waals surface area contributed by atoms with E-state index in [4.69, 9.17) is 9.15 Å². The summed E-state index contributed by atoms with van der Waals surface area (Å²) < 4.78 is 24.0. The fourth-order valence-corrected chi connectivity index (χ4v) is 3.18. The van der Waals surface area contributed by atoms with Crippen LogP contribution in [0.25, 0.3) is 0 Å². The van der Waals surface area contributed by atoms with Gasteiger partial charge in [0.1, 0.15) is 23.9 Å². The summed E-state index contributed by atoms with van der Waals surface area (Å²) in [5, 5.41) is 2.83. The van der Waals surface area contributed by atoms with Crippen LogP contribution in [0.15, 0.2) is 76.0 Å². The molecule has 0 aliphatic heterocycles. The molecule has 6 heteroatoms. The summed E-state index contributed by atoms with van der Waals surface area (Å²) in [6.45, 7) is 0.815. The zero-order valence-electron chi connectivity index (χ0n) is 14.7. The Balaban J connectivity index is 1.36. The van der Waals surface area contributed by atoms with Gasteiger partial charge in [0.15, 0.2) is 5.76 Å². The Hall–Kier alpha value is -2.73. The topological polar surface area (TPSA) is 51.5 Å². The fraction of sp³-hybridized carbons (Fsp3) is 0.190. The number of nitrogens with one attached hydrogen (secondary N) is 1. The predicted octanol–water partition coefficient (Wildman–Crippen LogP) is 4.91. The maximum Gasteiger partial charge on any atom is 0.286 e. The molecule has 0 unspecified atom stereocenters. The molecule has 2 aromatic carbocycles. The van der Waals surface area contributed by atoms with Crippen LogP contribution >= 0.6 is 11.8 Å². The highest BCUT2D eigenvalue weighted by atomic mass is 32.2. The third-order valence-electron chi connectivity index (χ3n) is 3.70. The molecule has 3 aromatic rings. The van der Waals surface area contributed by atoms with Gasteiger partial charge < -0.3 is 14.5 Å². The molecule has 0 atom stereocenters. The first kappa shape index (κ1) is 19.0. The second kappa shape index (κ2) is 9.83. The van der Waals surface area contributed by atoms with Crippen LogP contribution in [0.3, 0.4) is 0 Å². The summed E-state index contributed by atoms with van der Waals surface area (Å²) in [5.74, 6) is 1.97. The largest absolute Gasteiger partial charge is 0.486 e. The summed E-state index contributed by atoms with van der Waals surface area (Å²) in [7, 11) is 0. The minimum absolute atomic E-state index is 0.237. The van der Waals surface area contributed by atoms with Crippen LogP contribution in [-0.2, 0) is 6.61 Å². The third-order valence-corrected chi connectivity index (χ3v) is 4.80. The van der Waals surface area contributed by atoms with Crippen LogP contribution < -0.4 is 10.1 Å². The highest BCUT2D eigenvalue weighted by Crippen LogP contribution is 2.18. The number of furan rings is 1. The van der Waals surface area contributed by atoms with E-state index in [-0.39, 0.29) is 24.1 Å². The van der Waals surface area contributed by atoms with Crippen molar-refractivity contribution < 1.29 is 18.3 Å². The third kappa shape index (κ3) is 6.18. The average Bonchev–Trinajstić information content (AvgIpc) is 3.17. The van der Waals surface area contributed by atoms with Gasteiger partial charge in [-0.05, 0) is 60.7 Å². The Morgan fingerprint density at radius 2 is 1.81 bits per heavy atom. The molecule has 4 nitrogen and oxygen atoms in total. The van der Waals surface area contributed by atoms with Gasteiger partial charge in [0.05, 0.1) is 0 Å². The van der Waals surface area contributed by atoms with Crippen molar-refractivity contribution in [2.24, 2.45) is 0 Å². The molecule has 0 spiro atoms. The number of para-hydroxylation sites is 1. The summed E-state index contributed by atoms with van der Waals surface area (Å²) in [5.41, 5.74) is 0. The van der Waals surface area contributed by atoms with Crippen LogP contribution in [-0.4, -0.2) is 18.2 Å². The minimum atomic E-state index is -0.243. The van der Waals surface area contributed by atoms with Crippen molar-refractivity contribution in [3.8, 4) is 5.75 Å². The normalized spacial score (nSPS) is 10.6. The summed E-state index contributed by atoms with van der Waals surface area (Å²) in [6, 6.07) is 19.2. The van der Waals surface area contributed by atoms with E-state index in [2.05, 4.69) is 5.32 Å². The molecule has 0 fully saturated rings. The molecule has 0 bridgehead atoms. The lowest BCUT2D eigenvalue weighted by molar-refractivity contribution is 0.0922. The SMILES string of the molecule is O=C(NCCCSc1ccc(F)cc1)c1ccc(COc2ccccc2)o1. The van der Waals surface area contributed by atoms with Crippen LogP contribution in [0.2, 0.25) is 0 Å². The first-order valence-corrected chi connectivity index (χ1v) is 9.62. The molecular weight excluding hydrogens is 365 g/mol. The lowest BCUT2D eigenvalue weighted by Crippen LogP contribution is -2.24. The monoisotopic (exact) mass is 385 g/mol. The lowest BCUT2D eigenvalue weighted by Gasteiger charge is -2.04. The quantitative estimate of drug-likeness (QED) is 0.420. The van der Waals surface area contributed by atoms with Crippen molar-refractivity contribution in [3.63, 3.8) is 0 Å². The number of carbonyl (C=O) groups excluding carboxylic acids is 1. The van der Waals surface area contributed by atoms with E-state index < -0.39 is 0 Å². The molecule has 3 rings (SSSR count). The second-order valence-electron chi connectivity index (χ2n) is 5.78. The highest BCUT2D eigenvalue weighted by molar-refractivity contribution is 7.99. The summed E-state index contributed by atoms with van der Waals surface area (Å²) in [4.78, 5) is 13.1. The molecule has 1 N–H and O–H groups in total. The molecule has 1 heterocycles. The molecule has 140 valence electrons. The smallest absolute Gasteiger partial charge is 0.286 e. The van der Waals surface area contributed by atoms with Crippen molar-refractivity contribution in [2.45, 2.75) is 17.9 Å². The van der Waals surface area contributed by atoms with Crippen molar-refractivity contribution in [1.82, 2.24) is 5.32 Å². The zero-order valence-corrected chi connectivity index (χ0v) is 15.5. The number of halogens is 1. The lowest BCUT2D eigenvalue weighted by atomic mass is 10.3. The van der Waals surface area contributed by atoms with E-state index in [1.165, 1.54) is 12.1 Å². The number of hydrogen-bond acceptors (Lipinski definition) is 4. The Kier molecular flexibility index (Phi) is 6.93. The number of ether oxygens (including phenoxy) is 1. The Labute approximate surface area is 161 Å². The maximum atomic E-state index is 12.8. The summed E-state index contributed by atoms with van der Waals surface area (Å²) >= 11 is 1.63. The van der Waals surface area contributed by atoms with Gasteiger partial charge in [-0.1, -0.05) is 18.2 Å². The Bertz CT molecular complexity index is 849. The van der Waals surface area contributed by atoms with Gasteiger partial charge in [0.25, 0.3) is 5.91 Å². The maximum absolute atomic E-state index is 12.8. The van der Waals surface area contributed by atoms with Gasteiger partial charge in [-0.3, -0.25) is 4.79 Å². The van der Waals surface area contributed by atoms with E-state index in [1.54, 1.807) is 36.0 Å². The van der Waals surface area contributed by atoms with Crippen LogP contribution in [0, 0.1) is 5.82 Å². The van der Waals surface area contributed by atoms with Crippen molar-refractivity contribution in [3.05, 3.63) is 84.1 Å². The molecule has 1 aromatic heterocycles. The molecule has 0 radical (unpaired) electrons. The van der Waals surface area contributed by atoms with E-state index in [1.807, 2.05) is 30.3 Å². The van der Waals surface area contributed by atoms with E-state index in [9.17, 15) is 9.18 Å². The van der Waals surface area contributed by atoms with Crippen molar-refractivity contribution in [2.75, 3.05) is 12.3 Å². The predicted molar refractivity (Wildman–Crippen MR) is 104 cm³/mol. The van der Waals surface area contributed by atoms with Crippen LogP contribution in [0.5, 0.6) is 5.75 Å². The van der Waals surface area contributed by atoms with Gasteiger partial charge in [0.2, 0.25) is 0 Å². The van der Waals surface area contributed by atoms with Gasteiger partial charge in [-0.25, -0.2) is 4.39 Å². The van der Waals surface area contributed by atoms with E-state index in [0.717, 1.165) is 22.8 Å². The van der Waals surface area contributed by atoms with Gasteiger partial charge >= 0.3 is 0 Å². The molecule has 0 saturated heterocycles. The van der Waals surface area contributed by atoms with Crippen molar-refractivity contribution >= 4 is 17.7 Å². The Morgan fingerprint density at radius 1 is 1.04 bits per heavy atom. The van der Waals surface area contributed by atoms with Crippen LogP contribution in [0.1, 0.15) is 22.7 Å². The molecule has 1 amide bonds. The van der Waals surface area contributed by atoms with E-state index in [0.29, 0.717) is 12.3 Å². The highest BCUT2D eigenvalue weighted by Gasteiger charge is 2.11. The number of hydrogen-bond donors (Lipinski definition) is 1. The average molecular weight is 385 g/mol. The molecular formula is C21H20FNO3S. The van der Waals surface area contributed by atoms with E-state index >= 15 is 0 Å². The molecule has 0 aliphatic carbocycles. The van der Waals surface area contributed by atoms with Crippen LogP contribution in [0.4, 0.5) is 4.39 Å². The van der Waals surface area contributed by atoms with Gasteiger partial charge in [-0.2, -0.15) is 0 Å². The zero-order chi connectivity index (χ0) is 18.9. The number of thioether (sulfide) groups is 1. The number of amides is 1. The van der Waals surface area contributed by atoms with Gasteiger partial charge in [-0.15, -0.1) is 11.8 Å². The Morgan fingerprint density at radius 3 is 2.59 bits per heavy atom.